The first-order valence-electron chi connectivity index (χ1n) is 6.11. The Labute approximate surface area is 111 Å². The van der Waals surface area contributed by atoms with Crippen LogP contribution >= 0.6 is 11.3 Å². The minimum absolute atomic E-state index is 0.917. The van der Waals surface area contributed by atoms with Crippen molar-refractivity contribution in [3.05, 3.63) is 58.4 Å². The van der Waals surface area contributed by atoms with E-state index in [1.54, 1.807) is 0 Å². The van der Waals surface area contributed by atoms with E-state index in [0.29, 0.717) is 0 Å². The van der Waals surface area contributed by atoms with E-state index in [2.05, 4.69) is 57.9 Å². The minimum Gasteiger partial charge on any atom is -0.342 e. The molecule has 92 valence electrons. The van der Waals surface area contributed by atoms with Crippen LogP contribution < -0.4 is 5.32 Å². The normalized spacial score (nSPS) is 11.2. The lowest BCUT2D eigenvalue weighted by molar-refractivity contribution is 0.814. The van der Waals surface area contributed by atoms with Gasteiger partial charge >= 0.3 is 0 Å². The molecule has 1 aromatic carbocycles. The molecule has 2 aromatic heterocycles. The van der Waals surface area contributed by atoms with Crippen molar-refractivity contribution in [2.24, 2.45) is 0 Å². The Bertz CT molecular complexity index is 638. The lowest BCUT2D eigenvalue weighted by Gasteiger charge is -2.05. The van der Waals surface area contributed by atoms with E-state index in [0.717, 1.165) is 13.1 Å². The Morgan fingerprint density at radius 1 is 1.22 bits per heavy atom. The van der Waals surface area contributed by atoms with Crippen LogP contribution in [-0.4, -0.2) is 11.6 Å². The third kappa shape index (κ3) is 2.19. The molecule has 0 bridgehead atoms. The third-order valence-corrected chi connectivity index (χ3v) is 3.99. The first-order chi connectivity index (χ1) is 8.86. The summed E-state index contributed by atoms with van der Waals surface area (Å²) in [4.78, 5) is 1.39. The van der Waals surface area contributed by atoms with E-state index in [1.165, 1.54) is 21.3 Å². The summed E-state index contributed by atoms with van der Waals surface area (Å²) in [6.45, 7) is 1.88. The zero-order valence-corrected chi connectivity index (χ0v) is 11.2. The first-order valence-corrected chi connectivity index (χ1v) is 6.99. The number of hydrogen-bond acceptors (Lipinski definition) is 2. The molecule has 0 radical (unpaired) electrons. The van der Waals surface area contributed by atoms with Crippen molar-refractivity contribution in [3.63, 3.8) is 0 Å². The molecule has 2 heterocycles. The Balaban J connectivity index is 1.98. The fraction of sp³-hybridized carbons (Fsp3) is 0.200. The third-order valence-electron chi connectivity index (χ3n) is 3.13. The van der Waals surface area contributed by atoms with Gasteiger partial charge in [0.15, 0.2) is 0 Å². The standard InChI is InChI=1S/C15H16N2S/c1-16-10-12-4-5-13-6-7-17(15(13)9-12)11-14-3-2-8-18-14/h2-9,16H,10-11H2,1H3. The molecule has 0 aliphatic rings. The zero-order chi connectivity index (χ0) is 12.4. The second-order valence-corrected chi connectivity index (χ2v) is 5.48. The van der Waals surface area contributed by atoms with E-state index >= 15 is 0 Å². The molecule has 0 spiro atoms. The van der Waals surface area contributed by atoms with Gasteiger partial charge in [-0.25, -0.2) is 0 Å². The van der Waals surface area contributed by atoms with Gasteiger partial charge < -0.3 is 9.88 Å². The van der Waals surface area contributed by atoms with E-state index in [1.807, 2.05) is 18.4 Å². The predicted molar refractivity (Wildman–Crippen MR) is 78.1 cm³/mol. The lowest BCUT2D eigenvalue weighted by atomic mass is 10.1. The summed E-state index contributed by atoms with van der Waals surface area (Å²) in [6, 6.07) is 13.2. The average Bonchev–Trinajstić information content (AvgIpc) is 3.01. The second kappa shape index (κ2) is 4.96. The Morgan fingerprint density at radius 2 is 2.17 bits per heavy atom. The number of nitrogens with one attached hydrogen (secondary N) is 1. The van der Waals surface area contributed by atoms with Crippen molar-refractivity contribution < 1.29 is 0 Å². The highest BCUT2D eigenvalue weighted by Crippen LogP contribution is 2.20. The van der Waals surface area contributed by atoms with Gasteiger partial charge in [-0.1, -0.05) is 18.2 Å². The molecular weight excluding hydrogens is 240 g/mol. The van der Waals surface area contributed by atoms with E-state index in [9.17, 15) is 0 Å². The first kappa shape index (κ1) is 11.5. The number of rotatable bonds is 4. The molecule has 3 aromatic rings. The number of nitrogens with zero attached hydrogens (tertiary/aromatic N) is 1. The molecular formula is C15H16N2S. The summed E-state index contributed by atoms with van der Waals surface area (Å²) in [5.74, 6) is 0. The van der Waals surface area contributed by atoms with Crippen molar-refractivity contribution in [1.82, 2.24) is 9.88 Å². The maximum atomic E-state index is 3.20. The Kier molecular flexibility index (Phi) is 3.17. The predicted octanol–water partition coefficient (Wildman–Crippen LogP) is 3.47. The number of aromatic nitrogens is 1. The van der Waals surface area contributed by atoms with Gasteiger partial charge in [-0.05, 0) is 41.6 Å². The van der Waals surface area contributed by atoms with Crippen LogP contribution in [0, 0.1) is 0 Å². The smallest absolute Gasteiger partial charge is 0.0569 e. The molecule has 3 heteroatoms. The molecule has 18 heavy (non-hydrogen) atoms. The highest BCUT2D eigenvalue weighted by atomic mass is 32.1. The SMILES string of the molecule is CNCc1ccc2ccn(Cc3cccs3)c2c1. The van der Waals surface area contributed by atoms with Crippen LogP contribution in [0.1, 0.15) is 10.4 Å². The van der Waals surface area contributed by atoms with Gasteiger partial charge in [0.2, 0.25) is 0 Å². The van der Waals surface area contributed by atoms with Crippen molar-refractivity contribution >= 4 is 22.2 Å². The summed E-state index contributed by atoms with van der Waals surface area (Å²) < 4.78 is 2.32. The van der Waals surface area contributed by atoms with Gasteiger partial charge in [0.25, 0.3) is 0 Å². The van der Waals surface area contributed by atoms with E-state index in [4.69, 9.17) is 0 Å². The number of fused-ring (bicyclic) bond motifs is 1. The van der Waals surface area contributed by atoms with Crippen molar-refractivity contribution in [2.75, 3.05) is 7.05 Å². The minimum atomic E-state index is 0.917. The fourth-order valence-electron chi connectivity index (χ4n) is 2.25. The molecule has 2 nitrogen and oxygen atoms in total. The second-order valence-electron chi connectivity index (χ2n) is 4.45. The summed E-state index contributed by atoms with van der Waals surface area (Å²) >= 11 is 1.81. The van der Waals surface area contributed by atoms with Crippen LogP contribution in [0.25, 0.3) is 10.9 Å². The molecule has 1 N–H and O–H groups in total. The fourth-order valence-corrected chi connectivity index (χ4v) is 2.95. The van der Waals surface area contributed by atoms with Gasteiger partial charge in [-0.2, -0.15) is 0 Å². The molecule has 0 saturated carbocycles. The molecule has 0 unspecified atom stereocenters. The van der Waals surface area contributed by atoms with E-state index in [-0.39, 0.29) is 0 Å². The van der Waals surface area contributed by atoms with Crippen molar-refractivity contribution in [3.8, 4) is 0 Å². The maximum absolute atomic E-state index is 3.20. The maximum Gasteiger partial charge on any atom is 0.0569 e. The highest BCUT2D eigenvalue weighted by molar-refractivity contribution is 7.09. The topological polar surface area (TPSA) is 17.0 Å². The Morgan fingerprint density at radius 3 is 2.94 bits per heavy atom. The van der Waals surface area contributed by atoms with Crippen LogP contribution in [0.4, 0.5) is 0 Å². The quantitative estimate of drug-likeness (QED) is 0.756. The van der Waals surface area contributed by atoms with Crippen molar-refractivity contribution in [2.45, 2.75) is 13.1 Å². The van der Waals surface area contributed by atoms with Gasteiger partial charge in [0.1, 0.15) is 0 Å². The summed E-state index contributed by atoms with van der Waals surface area (Å²) in [5, 5.41) is 6.64. The largest absolute Gasteiger partial charge is 0.342 e. The number of benzene rings is 1. The molecule has 0 aliphatic carbocycles. The van der Waals surface area contributed by atoms with Crippen LogP contribution in [0.3, 0.4) is 0 Å². The molecule has 0 aliphatic heterocycles. The Hall–Kier alpha value is -1.58. The van der Waals surface area contributed by atoms with Crippen LogP contribution in [-0.2, 0) is 13.1 Å². The van der Waals surface area contributed by atoms with Gasteiger partial charge in [0.05, 0.1) is 6.54 Å². The molecule has 0 amide bonds. The van der Waals surface area contributed by atoms with Crippen LogP contribution in [0.15, 0.2) is 48.0 Å². The monoisotopic (exact) mass is 256 g/mol. The van der Waals surface area contributed by atoms with E-state index < -0.39 is 0 Å². The summed E-state index contributed by atoms with van der Waals surface area (Å²) in [7, 11) is 1.98. The van der Waals surface area contributed by atoms with Gasteiger partial charge in [0, 0.05) is 23.1 Å². The lowest BCUT2D eigenvalue weighted by Crippen LogP contribution is -2.05. The van der Waals surface area contributed by atoms with Gasteiger partial charge in [-0.3, -0.25) is 0 Å². The summed E-state index contributed by atoms with van der Waals surface area (Å²) in [6.07, 6.45) is 2.17. The van der Waals surface area contributed by atoms with Crippen LogP contribution in [0.2, 0.25) is 0 Å². The number of hydrogen-bond donors (Lipinski definition) is 1. The molecule has 0 fully saturated rings. The van der Waals surface area contributed by atoms with Gasteiger partial charge in [-0.15, -0.1) is 11.3 Å². The molecule has 0 atom stereocenters. The zero-order valence-electron chi connectivity index (χ0n) is 10.4. The summed E-state index contributed by atoms with van der Waals surface area (Å²) in [5.41, 5.74) is 2.65. The van der Waals surface area contributed by atoms with Crippen LogP contribution in [0.5, 0.6) is 0 Å². The molecule has 0 saturated heterocycles. The van der Waals surface area contributed by atoms with Crippen molar-refractivity contribution in [1.29, 1.82) is 0 Å². The average molecular weight is 256 g/mol. The number of thiophene rings is 1. The highest BCUT2D eigenvalue weighted by Gasteiger charge is 2.03. The molecule has 3 rings (SSSR count).